The summed E-state index contributed by atoms with van der Waals surface area (Å²) in [6, 6.07) is 9.21. The van der Waals surface area contributed by atoms with Gasteiger partial charge < -0.3 is 10.1 Å². The molecule has 0 aliphatic rings. The molecule has 0 saturated heterocycles. The van der Waals surface area contributed by atoms with Crippen LogP contribution in [0.2, 0.25) is 5.02 Å². The molecule has 0 aliphatic heterocycles. The van der Waals surface area contributed by atoms with E-state index < -0.39 is 27.8 Å². The van der Waals surface area contributed by atoms with Crippen LogP contribution in [0.5, 0.6) is 5.75 Å². The normalized spacial score (nSPS) is 12.3. The van der Waals surface area contributed by atoms with Gasteiger partial charge in [0.25, 0.3) is 0 Å². The van der Waals surface area contributed by atoms with Crippen LogP contribution in [0.4, 0.5) is 15.8 Å². The van der Waals surface area contributed by atoms with E-state index in [1.165, 1.54) is 19.2 Å². The van der Waals surface area contributed by atoms with Crippen LogP contribution in [0.3, 0.4) is 0 Å². The van der Waals surface area contributed by atoms with Crippen molar-refractivity contribution >= 4 is 38.9 Å². The minimum Gasteiger partial charge on any atom is -0.495 e. The number of carbonyl (C=O) groups excluding carboxylic acids is 1. The summed E-state index contributed by atoms with van der Waals surface area (Å²) in [5.74, 6) is -0.787. The number of hydrogen-bond acceptors (Lipinski definition) is 4. The van der Waals surface area contributed by atoms with Gasteiger partial charge in [0.1, 0.15) is 17.6 Å². The molecular formula is C18H20ClFN2O4S. The first-order valence-electron chi connectivity index (χ1n) is 8.07. The van der Waals surface area contributed by atoms with Gasteiger partial charge in [-0.1, -0.05) is 30.7 Å². The molecule has 2 rings (SSSR count). The summed E-state index contributed by atoms with van der Waals surface area (Å²) in [6.07, 6.45) is 1.16. The molecule has 2 aromatic carbocycles. The number of methoxy groups -OCH3 is 1. The van der Waals surface area contributed by atoms with Crippen molar-refractivity contribution in [2.75, 3.05) is 23.0 Å². The maximum Gasteiger partial charge on any atom is 0.248 e. The molecule has 0 aliphatic carbocycles. The van der Waals surface area contributed by atoms with Crippen molar-refractivity contribution in [3.05, 3.63) is 53.3 Å². The number of hydrogen-bond donors (Lipinski definition) is 1. The Morgan fingerprint density at radius 2 is 1.96 bits per heavy atom. The van der Waals surface area contributed by atoms with Crippen molar-refractivity contribution < 1.29 is 22.3 Å². The first kappa shape index (κ1) is 21.0. The Balaban J connectivity index is 2.43. The number of anilines is 2. The van der Waals surface area contributed by atoms with E-state index in [1.54, 1.807) is 31.2 Å². The summed E-state index contributed by atoms with van der Waals surface area (Å²) in [5.41, 5.74) is 0.514. The molecular weight excluding hydrogens is 395 g/mol. The summed E-state index contributed by atoms with van der Waals surface area (Å²) in [5, 5.41) is 2.45. The number of amides is 1. The van der Waals surface area contributed by atoms with Crippen LogP contribution in [0, 0.1) is 5.82 Å². The Hall–Kier alpha value is -2.32. The van der Waals surface area contributed by atoms with Gasteiger partial charge in [-0.2, -0.15) is 0 Å². The van der Waals surface area contributed by atoms with Crippen molar-refractivity contribution in [3.63, 3.8) is 0 Å². The van der Waals surface area contributed by atoms with Crippen molar-refractivity contribution in [1.29, 1.82) is 0 Å². The molecule has 0 saturated carbocycles. The van der Waals surface area contributed by atoms with E-state index in [4.69, 9.17) is 16.3 Å². The third-order valence-electron chi connectivity index (χ3n) is 3.85. The van der Waals surface area contributed by atoms with Crippen molar-refractivity contribution in [1.82, 2.24) is 0 Å². The third-order valence-corrected chi connectivity index (χ3v) is 5.32. The fourth-order valence-corrected chi connectivity index (χ4v) is 4.02. The molecule has 1 N–H and O–H groups in total. The fourth-order valence-electron chi connectivity index (χ4n) is 2.65. The number of para-hydroxylation sites is 2. The molecule has 0 fully saturated rings. The van der Waals surface area contributed by atoms with Crippen molar-refractivity contribution in [3.8, 4) is 5.75 Å². The Morgan fingerprint density at radius 3 is 2.52 bits per heavy atom. The van der Waals surface area contributed by atoms with E-state index in [0.29, 0.717) is 11.4 Å². The van der Waals surface area contributed by atoms with E-state index in [0.717, 1.165) is 16.6 Å². The molecule has 0 bridgehead atoms. The van der Waals surface area contributed by atoms with Gasteiger partial charge in [0.2, 0.25) is 15.9 Å². The number of carbonyl (C=O) groups is 1. The van der Waals surface area contributed by atoms with Gasteiger partial charge in [-0.15, -0.1) is 0 Å². The lowest BCUT2D eigenvalue weighted by Crippen LogP contribution is -2.47. The van der Waals surface area contributed by atoms with Crippen LogP contribution >= 0.6 is 11.6 Å². The molecule has 0 heterocycles. The summed E-state index contributed by atoms with van der Waals surface area (Å²) in [4.78, 5) is 12.8. The second kappa shape index (κ2) is 8.58. The Bertz CT molecular complexity index is 937. The minimum atomic E-state index is -3.85. The van der Waals surface area contributed by atoms with E-state index in [9.17, 15) is 17.6 Å². The fraction of sp³-hybridized carbons (Fsp3) is 0.278. The summed E-state index contributed by atoms with van der Waals surface area (Å²) in [6.45, 7) is 1.68. The van der Waals surface area contributed by atoms with Gasteiger partial charge in [-0.05, 0) is 36.8 Å². The SMILES string of the molecule is CC[C@@H](C(=O)Nc1ccccc1OC)N(c1ccc(F)c(Cl)c1)S(C)(=O)=O. The number of halogens is 2. The van der Waals surface area contributed by atoms with Gasteiger partial charge in [-0.25, -0.2) is 12.8 Å². The van der Waals surface area contributed by atoms with Crippen LogP contribution < -0.4 is 14.4 Å². The van der Waals surface area contributed by atoms with Gasteiger partial charge in [0.05, 0.1) is 29.8 Å². The molecule has 2 aromatic rings. The summed E-state index contributed by atoms with van der Waals surface area (Å²) in [7, 11) is -2.39. The average Bonchev–Trinajstić information content (AvgIpc) is 2.61. The predicted octanol–water partition coefficient (Wildman–Crippen LogP) is 3.67. The lowest BCUT2D eigenvalue weighted by molar-refractivity contribution is -0.117. The maximum absolute atomic E-state index is 13.5. The molecule has 27 heavy (non-hydrogen) atoms. The summed E-state index contributed by atoms with van der Waals surface area (Å²) >= 11 is 5.79. The third kappa shape index (κ3) is 4.90. The zero-order valence-corrected chi connectivity index (χ0v) is 16.6. The minimum absolute atomic E-state index is 0.103. The average molecular weight is 415 g/mol. The van der Waals surface area contributed by atoms with E-state index in [2.05, 4.69) is 5.32 Å². The predicted molar refractivity (Wildman–Crippen MR) is 104 cm³/mol. The van der Waals surface area contributed by atoms with Gasteiger partial charge in [0.15, 0.2) is 0 Å². The summed E-state index contributed by atoms with van der Waals surface area (Å²) < 4.78 is 44.4. The smallest absolute Gasteiger partial charge is 0.248 e. The Morgan fingerprint density at radius 1 is 1.30 bits per heavy atom. The lowest BCUT2D eigenvalue weighted by atomic mass is 10.1. The second-order valence-electron chi connectivity index (χ2n) is 5.77. The molecule has 0 unspecified atom stereocenters. The Labute approximate surface area is 162 Å². The zero-order chi connectivity index (χ0) is 20.2. The van der Waals surface area contributed by atoms with Crippen LogP contribution in [0.25, 0.3) is 0 Å². The zero-order valence-electron chi connectivity index (χ0n) is 15.1. The van der Waals surface area contributed by atoms with Crippen molar-refractivity contribution in [2.45, 2.75) is 19.4 Å². The molecule has 9 heteroatoms. The monoisotopic (exact) mass is 414 g/mol. The molecule has 146 valence electrons. The number of sulfonamides is 1. The van der Waals surface area contributed by atoms with E-state index in [1.807, 2.05) is 0 Å². The number of nitrogens with one attached hydrogen (secondary N) is 1. The molecule has 0 radical (unpaired) electrons. The van der Waals surface area contributed by atoms with E-state index in [-0.39, 0.29) is 17.1 Å². The van der Waals surface area contributed by atoms with Crippen molar-refractivity contribution in [2.24, 2.45) is 0 Å². The topological polar surface area (TPSA) is 75.7 Å². The highest BCUT2D eigenvalue weighted by molar-refractivity contribution is 7.92. The largest absolute Gasteiger partial charge is 0.495 e. The highest BCUT2D eigenvalue weighted by atomic mass is 35.5. The van der Waals surface area contributed by atoms with Gasteiger partial charge >= 0.3 is 0 Å². The lowest BCUT2D eigenvalue weighted by Gasteiger charge is -2.30. The first-order valence-corrected chi connectivity index (χ1v) is 10.3. The first-order chi connectivity index (χ1) is 12.7. The molecule has 1 amide bonds. The number of nitrogens with zero attached hydrogens (tertiary/aromatic N) is 1. The van der Waals surface area contributed by atoms with Crippen LogP contribution in [0.1, 0.15) is 13.3 Å². The van der Waals surface area contributed by atoms with Crippen LogP contribution in [-0.4, -0.2) is 33.7 Å². The Kier molecular flexibility index (Phi) is 6.67. The highest BCUT2D eigenvalue weighted by Crippen LogP contribution is 2.29. The number of rotatable bonds is 7. The molecule has 0 aromatic heterocycles. The van der Waals surface area contributed by atoms with Gasteiger partial charge in [0, 0.05) is 0 Å². The molecule has 0 spiro atoms. The van der Waals surface area contributed by atoms with Crippen LogP contribution in [0.15, 0.2) is 42.5 Å². The quantitative estimate of drug-likeness (QED) is 0.750. The standard InChI is InChI=1S/C18H20ClFN2O4S/c1-4-16(18(23)21-15-7-5-6-8-17(15)26-2)22(27(3,24)25)12-9-10-14(20)13(19)11-12/h5-11,16H,4H2,1-3H3,(H,21,23)/t16-/m0/s1. The number of ether oxygens (including phenoxy) is 1. The maximum atomic E-state index is 13.5. The highest BCUT2D eigenvalue weighted by Gasteiger charge is 2.32. The van der Waals surface area contributed by atoms with Gasteiger partial charge in [-0.3, -0.25) is 9.10 Å². The van der Waals surface area contributed by atoms with E-state index >= 15 is 0 Å². The second-order valence-corrected chi connectivity index (χ2v) is 8.04. The van der Waals surface area contributed by atoms with Crippen LogP contribution in [-0.2, 0) is 14.8 Å². The molecule has 1 atom stereocenters. The number of benzene rings is 2. The molecule has 6 nitrogen and oxygen atoms in total.